The van der Waals surface area contributed by atoms with E-state index in [9.17, 15) is 14.7 Å². The second-order valence-electron chi connectivity index (χ2n) is 5.63. The van der Waals surface area contributed by atoms with Crippen molar-refractivity contribution in [1.29, 1.82) is 0 Å². The van der Waals surface area contributed by atoms with E-state index in [2.05, 4.69) is 10.6 Å². The van der Waals surface area contributed by atoms with Gasteiger partial charge in [0.15, 0.2) is 0 Å². The smallest absolute Gasteiger partial charge is 0.341 e. The summed E-state index contributed by atoms with van der Waals surface area (Å²) < 4.78 is 5.05. The molecule has 0 aromatic heterocycles. The summed E-state index contributed by atoms with van der Waals surface area (Å²) in [6.07, 6.45) is 2.04. The van der Waals surface area contributed by atoms with Gasteiger partial charge in [0.2, 0.25) is 5.91 Å². The van der Waals surface area contributed by atoms with Crippen LogP contribution in [0.4, 0.5) is 5.69 Å². The Morgan fingerprint density at radius 3 is 2.58 bits per heavy atom. The number of amides is 1. The summed E-state index contributed by atoms with van der Waals surface area (Å²) in [7, 11) is 0. The van der Waals surface area contributed by atoms with Gasteiger partial charge in [-0.1, -0.05) is 27.2 Å². The highest BCUT2D eigenvalue weighted by Crippen LogP contribution is 2.23. The van der Waals surface area contributed by atoms with Crippen LogP contribution in [0.5, 0.6) is 5.75 Å². The Kier molecular flexibility index (Phi) is 10.8. The van der Waals surface area contributed by atoms with Gasteiger partial charge in [-0.15, -0.1) is 12.4 Å². The highest BCUT2D eigenvalue weighted by Gasteiger charge is 2.13. The molecule has 0 bridgehead atoms. The number of nitrogens with one attached hydrogen (secondary N) is 2. The topological polar surface area (TPSA) is 87.7 Å². The van der Waals surface area contributed by atoms with E-state index in [0.717, 1.165) is 12.8 Å². The van der Waals surface area contributed by atoms with Gasteiger partial charge in [-0.2, -0.15) is 0 Å². The molecule has 1 aromatic rings. The largest absolute Gasteiger partial charge is 0.507 e. The number of benzene rings is 1. The SMILES string of the molecule is CCCCOC(=O)c1ccc(NC(=O)CCNC(C)C)cc1O.Cl. The number of anilines is 1. The van der Waals surface area contributed by atoms with Gasteiger partial charge in [0.05, 0.1) is 6.61 Å². The normalized spacial score (nSPS) is 10.2. The van der Waals surface area contributed by atoms with Gasteiger partial charge in [0.1, 0.15) is 11.3 Å². The molecular weight excluding hydrogens is 332 g/mol. The fourth-order valence-corrected chi connectivity index (χ4v) is 1.87. The minimum Gasteiger partial charge on any atom is -0.507 e. The third kappa shape index (κ3) is 8.17. The Morgan fingerprint density at radius 2 is 2.00 bits per heavy atom. The summed E-state index contributed by atoms with van der Waals surface area (Å²) in [4.78, 5) is 23.6. The predicted molar refractivity (Wildman–Crippen MR) is 96.9 cm³/mol. The first-order valence-corrected chi connectivity index (χ1v) is 7.97. The lowest BCUT2D eigenvalue weighted by molar-refractivity contribution is -0.116. The molecule has 0 saturated carbocycles. The minimum absolute atomic E-state index is 0. The van der Waals surface area contributed by atoms with E-state index >= 15 is 0 Å². The van der Waals surface area contributed by atoms with E-state index in [0.29, 0.717) is 31.3 Å². The molecule has 0 aliphatic carbocycles. The van der Waals surface area contributed by atoms with E-state index in [1.807, 2.05) is 20.8 Å². The van der Waals surface area contributed by atoms with Gasteiger partial charge in [-0.05, 0) is 18.6 Å². The van der Waals surface area contributed by atoms with Crippen molar-refractivity contribution in [3.8, 4) is 5.75 Å². The second kappa shape index (κ2) is 11.7. The Hall–Kier alpha value is -1.79. The van der Waals surface area contributed by atoms with E-state index in [1.165, 1.54) is 12.1 Å². The molecule has 1 rings (SSSR count). The Labute approximate surface area is 149 Å². The van der Waals surface area contributed by atoms with Crippen LogP contribution in [0.15, 0.2) is 18.2 Å². The maximum atomic E-state index is 11.8. The third-order valence-corrected chi connectivity index (χ3v) is 3.14. The molecule has 136 valence electrons. The number of carbonyl (C=O) groups is 2. The van der Waals surface area contributed by atoms with Gasteiger partial charge in [-0.25, -0.2) is 4.79 Å². The van der Waals surface area contributed by atoms with Crippen LogP contribution < -0.4 is 10.6 Å². The van der Waals surface area contributed by atoms with E-state index in [4.69, 9.17) is 4.74 Å². The molecule has 24 heavy (non-hydrogen) atoms. The molecule has 0 unspecified atom stereocenters. The van der Waals surface area contributed by atoms with Gasteiger partial charge in [0.25, 0.3) is 0 Å². The predicted octanol–water partition coefficient (Wildman–Crippen LogP) is 3.10. The van der Waals surface area contributed by atoms with Gasteiger partial charge < -0.3 is 20.5 Å². The van der Waals surface area contributed by atoms with Crippen molar-refractivity contribution < 1.29 is 19.4 Å². The molecule has 1 aromatic carbocycles. The van der Waals surface area contributed by atoms with E-state index < -0.39 is 5.97 Å². The molecular formula is C17H27ClN2O4. The van der Waals surface area contributed by atoms with Gasteiger partial charge in [0, 0.05) is 30.8 Å². The van der Waals surface area contributed by atoms with Crippen LogP contribution in [0.2, 0.25) is 0 Å². The summed E-state index contributed by atoms with van der Waals surface area (Å²) in [6.45, 7) is 6.93. The number of carbonyl (C=O) groups excluding carboxylic acids is 2. The number of esters is 1. The summed E-state index contributed by atoms with van der Waals surface area (Å²) in [6, 6.07) is 4.70. The van der Waals surface area contributed by atoms with Crippen LogP contribution in [-0.2, 0) is 9.53 Å². The summed E-state index contributed by atoms with van der Waals surface area (Å²) in [5.41, 5.74) is 0.544. The van der Waals surface area contributed by atoms with Crippen molar-refractivity contribution in [1.82, 2.24) is 5.32 Å². The zero-order valence-corrected chi connectivity index (χ0v) is 15.2. The van der Waals surface area contributed by atoms with Crippen molar-refractivity contribution in [2.45, 2.75) is 46.1 Å². The number of unbranched alkanes of at least 4 members (excludes halogenated alkanes) is 1. The lowest BCUT2D eigenvalue weighted by Crippen LogP contribution is -2.27. The van der Waals surface area contributed by atoms with Crippen LogP contribution in [0.3, 0.4) is 0 Å². The number of aromatic hydroxyl groups is 1. The van der Waals surface area contributed by atoms with Crippen molar-refractivity contribution in [3.63, 3.8) is 0 Å². The third-order valence-electron chi connectivity index (χ3n) is 3.14. The molecule has 0 fully saturated rings. The lowest BCUT2D eigenvalue weighted by atomic mass is 10.1. The Balaban J connectivity index is 0.00000529. The van der Waals surface area contributed by atoms with Crippen LogP contribution in [-0.4, -0.2) is 36.2 Å². The minimum atomic E-state index is -0.560. The highest BCUT2D eigenvalue weighted by atomic mass is 35.5. The number of rotatable bonds is 9. The fraction of sp³-hybridized carbons (Fsp3) is 0.529. The molecule has 0 atom stereocenters. The van der Waals surface area contributed by atoms with E-state index in [1.54, 1.807) is 6.07 Å². The molecule has 0 saturated heterocycles. The van der Waals surface area contributed by atoms with Crippen LogP contribution in [0, 0.1) is 0 Å². The molecule has 7 heteroatoms. The number of ether oxygens (including phenoxy) is 1. The number of hydrogen-bond acceptors (Lipinski definition) is 5. The number of phenols is 1. The average Bonchev–Trinajstić information content (AvgIpc) is 2.47. The van der Waals surface area contributed by atoms with Crippen LogP contribution in [0.25, 0.3) is 0 Å². The number of phenolic OH excluding ortho intramolecular Hbond substituents is 1. The fourth-order valence-electron chi connectivity index (χ4n) is 1.87. The maximum Gasteiger partial charge on any atom is 0.341 e. The highest BCUT2D eigenvalue weighted by molar-refractivity contribution is 5.95. The van der Waals surface area contributed by atoms with Crippen molar-refractivity contribution in [2.75, 3.05) is 18.5 Å². The second-order valence-corrected chi connectivity index (χ2v) is 5.63. The number of hydrogen-bond donors (Lipinski definition) is 3. The maximum absolute atomic E-state index is 11.8. The molecule has 0 aliphatic rings. The summed E-state index contributed by atoms with van der Waals surface area (Å²) in [5.74, 6) is -0.921. The summed E-state index contributed by atoms with van der Waals surface area (Å²) >= 11 is 0. The summed E-state index contributed by atoms with van der Waals surface area (Å²) in [5, 5.41) is 15.7. The molecule has 6 nitrogen and oxygen atoms in total. The van der Waals surface area contributed by atoms with Gasteiger partial charge >= 0.3 is 5.97 Å². The monoisotopic (exact) mass is 358 g/mol. The lowest BCUT2D eigenvalue weighted by Gasteiger charge is -2.10. The average molecular weight is 359 g/mol. The van der Waals surface area contributed by atoms with Crippen LogP contribution >= 0.6 is 12.4 Å². The molecule has 1 amide bonds. The van der Waals surface area contributed by atoms with Gasteiger partial charge in [-0.3, -0.25) is 4.79 Å². The first kappa shape index (κ1) is 22.2. The quantitative estimate of drug-likeness (QED) is 0.466. The van der Waals surface area contributed by atoms with Crippen molar-refractivity contribution in [2.24, 2.45) is 0 Å². The zero-order valence-electron chi connectivity index (χ0n) is 14.4. The van der Waals surface area contributed by atoms with Crippen molar-refractivity contribution >= 4 is 30.0 Å². The van der Waals surface area contributed by atoms with Crippen molar-refractivity contribution in [3.05, 3.63) is 23.8 Å². The number of halogens is 1. The molecule has 0 radical (unpaired) electrons. The van der Waals surface area contributed by atoms with E-state index in [-0.39, 0.29) is 29.6 Å². The first-order valence-electron chi connectivity index (χ1n) is 7.97. The molecule has 0 spiro atoms. The first-order chi connectivity index (χ1) is 10.9. The standard InChI is InChI=1S/C17H26N2O4.ClH/c1-4-5-10-23-17(22)14-7-6-13(11-15(14)20)19-16(21)8-9-18-12(2)3;/h6-7,11-12,18,20H,4-5,8-10H2,1-3H3,(H,19,21);1H. The Bertz CT molecular complexity index is 535. The molecule has 0 aliphatic heterocycles. The zero-order chi connectivity index (χ0) is 17.2. The Morgan fingerprint density at radius 1 is 1.29 bits per heavy atom. The molecule has 0 heterocycles. The van der Waals surface area contributed by atoms with Crippen LogP contribution in [0.1, 0.15) is 50.4 Å². The molecule has 3 N–H and O–H groups in total.